The standard InChI is InChI=1S/C22H29BrN4O2/c1-4-27(5-2)20(17-9-7-6-8-10-17)14-24-22(29)25-15-21(28)26-19-12-11-18(23)13-16(19)3/h6-13,20H,4-5,14-15H2,1-3H3,(H,26,28)(H2,24,25,29). The molecule has 0 fully saturated rings. The van der Waals surface area contributed by atoms with Crippen molar-refractivity contribution >= 4 is 33.6 Å². The van der Waals surface area contributed by atoms with E-state index in [2.05, 4.69) is 62.8 Å². The van der Waals surface area contributed by atoms with Crippen LogP contribution in [0, 0.1) is 6.92 Å². The molecule has 0 saturated heterocycles. The molecule has 0 aliphatic heterocycles. The summed E-state index contributed by atoms with van der Waals surface area (Å²) in [5.41, 5.74) is 2.83. The fourth-order valence-corrected chi connectivity index (χ4v) is 3.65. The number of benzene rings is 2. The topological polar surface area (TPSA) is 73.5 Å². The van der Waals surface area contributed by atoms with Gasteiger partial charge >= 0.3 is 6.03 Å². The average Bonchev–Trinajstić information content (AvgIpc) is 2.72. The van der Waals surface area contributed by atoms with E-state index in [1.165, 1.54) is 0 Å². The van der Waals surface area contributed by atoms with Crippen LogP contribution in [0.15, 0.2) is 53.0 Å². The lowest BCUT2D eigenvalue weighted by Gasteiger charge is -2.30. The third-order valence-electron chi connectivity index (χ3n) is 4.77. The highest BCUT2D eigenvalue weighted by Crippen LogP contribution is 2.20. The van der Waals surface area contributed by atoms with Gasteiger partial charge in [-0.3, -0.25) is 9.69 Å². The third-order valence-corrected chi connectivity index (χ3v) is 5.26. The maximum atomic E-state index is 12.2. The van der Waals surface area contributed by atoms with E-state index in [1.54, 1.807) is 0 Å². The van der Waals surface area contributed by atoms with Gasteiger partial charge in [0.05, 0.1) is 12.6 Å². The van der Waals surface area contributed by atoms with Crippen LogP contribution in [0.5, 0.6) is 0 Å². The number of aryl methyl sites for hydroxylation is 1. The van der Waals surface area contributed by atoms with Crippen molar-refractivity contribution in [2.75, 3.05) is 31.5 Å². The minimum atomic E-state index is -0.360. The monoisotopic (exact) mass is 460 g/mol. The second-order valence-electron chi connectivity index (χ2n) is 6.72. The van der Waals surface area contributed by atoms with Gasteiger partial charge in [0, 0.05) is 16.7 Å². The van der Waals surface area contributed by atoms with Crippen LogP contribution in [0.3, 0.4) is 0 Å². The maximum Gasteiger partial charge on any atom is 0.315 e. The molecule has 0 radical (unpaired) electrons. The van der Waals surface area contributed by atoms with Crippen molar-refractivity contribution in [1.29, 1.82) is 0 Å². The van der Waals surface area contributed by atoms with E-state index in [4.69, 9.17) is 0 Å². The van der Waals surface area contributed by atoms with Gasteiger partial charge in [-0.25, -0.2) is 4.79 Å². The normalized spacial score (nSPS) is 11.8. The molecule has 7 heteroatoms. The Morgan fingerprint density at radius 3 is 2.34 bits per heavy atom. The summed E-state index contributed by atoms with van der Waals surface area (Å²) >= 11 is 3.40. The molecule has 2 rings (SSSR count). The van der Waals surface area contributed by atoms with Crippen LogP contribution in [-0.2, 0) is 4.79 Å². The predicted octanol–water partition coefficient (Wildman–Crippen LogP) is 4.08. The van der Waals surface area contributed by atoms with E-state index < -0.39 is 0 Å². The number of nitrogens with zero attached hydrogens (tertiary/aromatic N) is 1. The van der Waals surface area contributed by atoms with Gasteiger partial charge in [-0.05, 0) is 49.3 Å². The molecule has 1 atom stereocenters. The van der Waals surface area contributed by atoms with Crippen molar-refractivity contribution in [2.45, 2.75) is 26.8 Å². The van der Waals surface area contributed by atoms with E-state index in [0.717, 1.165) is 34.4 Å². The average molecular weight is 461 g/mol. The van der Waals surface area contributed by atoms with Gasteiger partial charge in [0.25, 0.3) is 0 Å². The summed E-state index contributed by atoms with van der Waals surface area (Å²) in [5.74, 6) is -0.270. The smallest absolute Gasteiger partial charge is 0.315 e. The number of hydrogen-bond acceptors (Lipinski definition) is 3. The van der Waals surface area contributed by atoms with Crippen LogP contribution in [0.2, 0.25) is 0 Å². The summed E-state index contributed by atoms with van der Waals surface area (Å²) in [7, 11) is 0. The Morgan fingerprint density at radius 1 is 1.03 bits per heavy atom. The SMILES string of the molecule is CCN(CC)C(CNC(=O)NCC(=O)Nc1ccc(Br)cc1C)c1ccccc1. The van der Waals surface area contributed by atoms with Crippen LogP contribution in [-0.4, -0.2) is 43.0 Å². The minimum Gasteiger partial charge on any atom is -0.336 e. The van der Waals surface area contributed by atoms with Crippen LogP contribution < -0.4 is 16.0 Å². The first-order valence-corrected chi connectivity index (χ1v) is 10.6. The fraction of sp³-hybridized carbons (Fsp3) is 0.364. The summed E-state index contributed by atoms with van der Waals surface area (Å²) in [6.07, 6.45) is 0. The molecule has 6 nitrogen and oxygen atoms in total. The molecule has 0 aliphatic carbocycles. The van der Waals surface area contributed by atoms with Crippen molar-refractivity contribution in [3.8, 4) is 0 Å². The number of amides is 3. The number of nitrogens with one attached hydrogen (secondary N) is 3. The van der Waals surface area contributed by atoms with Gasteiger partial charge in [-0.1, -0.05) is 60.1 Å². The Bertz CT molecular complexity index is 810. The van der Waals surface area contributed by atoms with Gasteiger partial charge in [-0.2, -0.15) is 0 Å². The second kappa shape index (κ2) is 11.6. The van der Waals surface area contributed by atoms with E-state index in [1.807, 2.05) is 43.3 Å². The molecule has 0 aliphatic rings. The Morgan fingerprint density at radius 2 is 1.72 bits per heavy atom. The number of halogens is 1. The number of carbonyl (C=O) groups is 2. The van der Waals surface area contributed by atoms with Gasteiger partial charge in [0.1, 0.15) is 0 Å². The van der Waals surface area contributed by atoms with E-state index >= 15 is 0 Å². The molecule has 0 bridgehead atoms. The zero-order valence-electron chi connectivity index (χ0n) is 17.2. The second-order valence-corrected chi connectivity index (χ2v) is 7.63. The number of hydrogen-bond donors (Lipinski definition) is 3. The first-order chi connectivity index (χ1) is 13.9. The summed E-state index contributed by atoms with van der Waals surface area (Å²) < 4.78 is 0.951. The fourth-order valence-electron chi connectivity index (χ4n) is 3.17. The summed E-state index contributed by atoms with van der Waals surface area (Å²) in [5, 5.41) is 8.33. The molecule has 0 aromatic heterocycles. The summed E-state index contributed by atoms with van der Waals surface area (Å²) in [6.45, 7) is 8.26. The Balaban J connectivity index is 1.86. The highest BCUT2D eigenvalue weighted by Gasteiger charge is 2.18. The highest BCUT2D eigenvalue weighted by atomic mass is 79.9. The molecular weight excluding hydrogens is 432 g/mol. The summed E-state index contributed by atoms with van der Waals surface area (Å²) in [4.78, 5) is 26.7. The van der Waals surface area contributed by atoms with E-state index in [0.29, 0.717) is 6.54 Å². The van der Waals surface area contributed by atoms with E-state index in [9.17, 15) is 9.59 Å². The van der Waals surface area contributed by atoms with Crippen molar-refractivity contribution in [2.24, 2.45) is 0 Å². The lowest BCUT2D eigenvalue weighted by molar-refractivity contribution is -0.115. The van der Waals surface area contributed by atoms with Crippen LogP contribution in [0.4, 0.5) is 10.5 Å². The van der Waals surface area contributed by atoms with Crippen molar-refractivity contribution in [1.82, 2.24) is 15.5 Å². The van der Waals surface area contributed by atoms with Gasteiger partial charge in [0.15, 0.2) is 0 Å². The first kappa shape index (κ1) is 22.9. The number of anilines is 1. The molecule has 0 saturated carbocycles. The largest absolute Gasteiger partial charge is 0.336 e. The molecular formula is C22H29BrN4O2. The van der Waals surface area contributed by atoms with Gasteiger partial charge < -0.3 is 16.0 Å². The molecule has 0 spiro atoms. The quantitative estimate of drug-likeness (QED) is 0.527. The van der Waals surface area contributed by atoms with E-state index in [-0.39, 0.29) is 24.5 Å². The first-order valence-electron chi connectivity index (χ1n) is 9.81. The number of urea groups is 1. The number of likely N-dealkylation sites (N-methyl/N-ethyl adjacent to an activating group) is 1. The lowest BCUT2D eigenvalue weighted by Crippen LogP contribution is -2.44. The van der Waals surface area contributed by atoms with Gasteiger partial charge in [-0.15, -0.1) is 0 Å². The number of rotatable bonds is 9. The molecule has 156 valence electrons. The Kier molecular flexibility index (Phi) is 9.15. The Labute approximate surface area is 181 Å². The van der Waals surface area contributed by atoms with Crippen molar-refractivity contribution in [3.63, 3.8) is 0 Å². The molecule has 0 heterocycles. The zero-order chi connectivity index (χ0) is 21.2. The molecule has 29 heavy (non-hydrogen) atoms. The van der Waals surface area contributed by atoms with Crippen molar-refractivity contribution in [3.05, 3.63) is 64.1 Å². The zero-order valence-corrected chi connectivity index (χ0v) is 18.8. The molecule has 2 aromatic rings. The molecule has 3 amide bonds. The minimum absolute atomic E-state index is 0.0798. The maximum absolute atomic E-state index is 12.2. The highest BCUT2D eigenvalue weighted by molar-refractivity contribution is 9.10. The van der Waals surface area contributed by atoms with Crippen LogP contribution in [0.25, 0.3) is 0 Å². The predicted molar refractivity (Wildman–Crippen MR) is 121 cm³/mol. The van der Waals surface area contributed by atoms with Gasteiger partial charge in [0.2, 0.25) is 5.91 Å². The Hall–Kier alpha value is -2.38. The van der Waals surface area contributed by atoms with Crippen molar-refractivity contribution < 1.29 is 9.59 Å². The molecule has 3 N–H and O–H groups in total. The summed E-state index contributed by atoms with van der Waals surface area (Å²) in [6, 6.07) is 15.4. The lowest BCUT2D eigenvalue weighted by atomic mass is 10.1. The third kappa shape index (κ3) is 7.18. The van der Waals surface area contributed by atoms with Crippen LogP contribution >= 0.6 is 15.9 Å². The molecule has 1 unspecified atom stereocenters. The number of carbonyl (C=O) groups excluding carboxylic acids is 2. The van der Waals surface area contributed by atoms with Crippen LogP contribution in [0.1, 0.15) is 31.0 Å². The molecule has 2 aromatic carbocycles.